The molecule has 0 spiro atoms. The Morgan fingerprint density at radius 1 is 1.35 bits per heavy atom. The maximum Gasteiger partial charge on any atom is 0.152 e. The number of piperazine rings is 1. The average Bonchev–Trinajstić information content (AvgIpc) is 2.63. The summed E-state index contributed by atoms with van der Waals surface area (Å²) < 4.78 is 5.68. The largest absolute Gasteiger partial charge is 0.496 e. The van der Waals surface area contributed by atoms with Gasteiger partial charge in [0.25, 0.3) is 0 Å². The van der Waals surface area contributed by atoms with Crippen molar-refractivity contribution in [3.63, 3.8) is 0 Å². The number of halogens is 1. The minimum Gasteiger partial charge on any atom is -0.496 e. The molecule has 6 nitrogen and oxygen atoms in total. The van der Waals surface area contributed by atoms with Gasteiger partial charge in [-0.05, 0) is 12.5 Å². The second kappa shape index (κ2) is 6.28. The van der Waals surface area contributed by atoms with Crippen molar-refractivity contribution in [3.8, 4) is 5.75 Å². The van der Waals surface area contributed by atoms with E-state index in [2.05, 4.69) is 21.3 Å². The number of nitrogens with zero attached hydrogens (tertiary/aromatic N) is 3. The predicted molar refractivity (Wildman–Crippen MR) is 90.3 cm³/mol. The van der Waals surface area contributed by atoms with Gasteiger partial charge < -0.3 is 10.1 Å². The van der Waals surface area contributed by atoms with Crippen molar-refractivity contribution in [2.24, 2.45) is 4.99 Å². The van der Waals surface area contributed by atoms with E-state index in [9.17, 15) is 0 Å². The molecule has 5 rings (SSSR count). The van der Waals surface area contributed by atoms with E-state index >= 15 is 0 Å². The van der Waals surface area contributed by atoms with Crippen molar-refractivity contribution in [3.05, 3.63) is 23.3 Å². The standard InChI is InChI=1S/C16H21ClN4O2/c1-22-15-8-13-12-7-11(15)14-9-18-3-5-20(14)4-2-6-23-21(13)10-19-16(12)17/h7-8,10,14,16,18H,2-6,9H2,1H3. The van der Waals surface area contributed by atoms with Crippen LogP contribution in [0, 0.1) is 0 Å². The number of rotatable bonds is 1. The van der Waals surface area contributed by atoms with Crippen LogP contribution in [0.3, 0.4) is 0 Å². The lowest BCUT2D eigenvalue weighted by molar-refractivity contribution is 0.110. The summed E-state index contributed by atoms with van der Waals surface area (Å²) in [7, 11) is 1.71. The number of hydrogen-bond acceptors (Lipinski definition) is 6. The fourth-order valence-corrected chi connectivity index (χ4v) is 3.76. The van der Waals surface area contributed by atoms with E-state index in [1.165, 1.54) is 5.56 Å². The minimum atomic E-state index is -0.389. The molecule has 2 unspecified atom stereocenters. The van der Waals surface area contributed by atoms with E-state index in [1.54, 1.807) is 18.5 Å². The molecule has 0 radical (unpaired) electrons. The molecule has 2 atom stereocenters. The van der Waals surface area contributed by atoms with E-state index < -0.39 is 0 Å². The molecule has 4 aliphatic rings. The van der Waals surface area contributed by atoms with E-state index in [0.29, 0.717) is 6.61 Å². The highest BCUT2D eigenvalue weighted by Crippen LogP contribution is 2.42. The van der Waals surface area contributed by atoms with Crippen molar-refractivity contribution < 1.29 is 9.57 Å². The number of hydrogen-bond donors (Lipinski definition) is 1. The lowest BCUT2D eigenvalue weighted by Crippen LogP contribution is -2.46. The number of hydroxylamine groups is 1. The molecule has 4 bridgehead atoms. The van der Waals surface area contributed by atoms with Gasteiger partial charge in [-0.25, -0.2) is 10.1 Å². The van der Waals surface area contributed by atoms with Gasteiger partial charge in [0.2, 0.25) is 0 Å². The topological polar surface area (TPSA) is 49.3 Å². The molecule has 0 aromatic heterocycles. The molecule has 1 aromatic carbocycles. The first-order chi connectivity index (χ1) is 11.3. The summed E-state index contributed by atoms with van der Waals surface area (Å²) in [6.45, 7) is 4.60. The summed E-state index contributed by atoms with van der Waals surface area (Å²) in [6.07, 6.45) is 2.63. The summed E-state index contributed by atoms with van der Waals surface area (Å²) in [5.74, 6) is 0.872. The van der Waals surface area contributed by atoms with Crippen molar-refractivity contribution >= 4 is 23.6 Å². The average molecular weight is 337 g/mol. The molecular formula is C16H21ClN4O2. The minimum absolute atomic E-state index is 0.283. The molecule has 1 fully saturated rings. The summed E-state index contributed by atoms with van der Waals surface area (Å²) >= 11 is 6.42. The Balaban J connectivity index is 1.85. The predicted octanol–water partition coefficient (Wildman–Crippen LogP) is 2.06. The monoisotopic (exact) mass is 336 g/mol. The molecule has 0 amide bonds. The number of aliphatic imine (C=N–C) groups is 1. The maximum atomic E-state index is 6.42. The number of ether oxygens (including phenoxy) is 1. The van der Waals surface area contributed by atoms with Gasteiger partial charge in [-0.3, -0.25) is 9.74 Å². The Bertz CT molecular complexity index is 624. The Hall–Kier alpha value is -1.34. The van der Waals surface area contributed by atoms with Gasteiger partial charge in [0, 0.05) is 43.4 Å². The van der Waals surface area contributed by atoms with Gasteiger partial charge in [-0.1, -0.05) is 11.6 Å². The molecule has 7 heteroatoms. The van der Waals surface area contributed by atoms with E-state index in [-0.39, 0.29) is 11.5 Å². The first-order valence-corrected chi connectivity index (χ1v) is 8.47. The second-order valence-corrected chi connectivity index (χ2v) is 6.44. The number of alkyl halides is 1. The lowest BCUT2D eigenvalue weighted by Gasteiger charge is -2.37. The first kappa shape index (κ1) is 15.2. The highest BCUT2D eigenvalue weighted by molar-refractivity contribution is 6.22. The molecule has 23 heavy (non-hydrogen) atoms. The zero-order chi connectivity index (χ0) is 15.8. The van der Waals surface area contributed by atoms with Gasteiger partial charge in [-0.15, -0.1) is 0 Å². The molecule has 0 aliphatic carbocycles. The van der Waals surface area contributed by atoms with Crippen molar-refractivity contribution in [2.45, 2.75) is 18.0 Å². The zero-order valence-electron chi connectivity index (χ0n) is 13.2. The second-order valence-electron chi connectivity index (χ2n) is 6.02. The maximum absolute atomic E-state index is 6.42. The van der Waals surface area contributed by atoms with Crippen LogP contribution in [0.5, 0.6) is 5.75 Å². The molecular weight excluding hydrogens is 316 g/mol. The summed E-state index contributed by atoms with van der Waals surface area (Å²) in [5, 5.41) is 5.20. The van der Waals surface area contributed by atoms with Gasteiger partial charge >= 0.3 is 0 Å². The van der Waals surface area contributed by atoms with Gasteiger partial charge in [0.1, 0.15) is 12.1 Å². The highest BCUT2D eigenvalue weighted by Gasteiger charge is 2.31. The lowest BCUT2D eigenvalue weighted by atomic mass is 9.97. The number of methoxy groups -OCH3 is 1. The Morgan fingerprint density at radius 3 is 3.13 bits per heavy atom. The van der Waals surface area contributed by atoms with Crippen LogP contribution in [0.25, 0.3) is 0 Å². The highest BCUT2D eigenvalue weighted by atomic mass is 35.5. The SMILES string of the molecule is COc1cc2c3cc1C1CNCCN1CCCON2C=NC3Cl. The first-order valence-electron chi connectivity index (χ1n) is 8.04. The third-order valence-electron chi connectivity index (χ3n) is 4.71. The van der Waals surface area contributed by atoms with Crippen molar-refractivity contribution in [1.82, 2.24) is 10.2 Å². The molecule has 4 heterocycles. The van der Waals surface area contributed by atoms with Crippen LogP contribution in [-0.4, -0.2) is 51.1 Å². The number of benzene rings is 1. The molecule has 0 saturated carbocycles. The number of anilines is 1. The Morgan fingerprint density at radius 2 is 2.26 bits per heavy atom. The van der Waals surface area contributed by atoms with Crippen LogP contribution >= 0.6 is 11.6 Å². The van der Waals surface area contributed by atoms with Crippen LogP contribution in [-0.2, 0) is 4.84 Å². The Labute approximate surface area is 141 Å². The van der Waals surface area contributed by atoms with Gasteiger partial charge in [-0.2, -0.15) is 0 Å². The smallest absolute Gasteiger partial charge is 0.152 e. The van der Waals surface area contributed by atoms with Crippen molar-refractivity contribution in [1.29, 1.82) is 0 Å². The van der Waals surface area contributed by atoms with E-state index in [0.717, 1.165) is 49.6 Å². The van der Waals surface area contributed by atoms with E-state index in [4.69, 9.17) is 21.2 Å². The fourth-order valence-electron chi connectivity index (χ4n) is 3.54. The summed E-state index contributed by atoms with van der Waals surface area (Å²) in [4.78, 5) is 12.7. The van der Waals surface area contributed by atoms with Crippen LogP contribution < -0.4 is 15.1 Å². The van der Waals surface area contributed by atoms with Crippen LogP contribution in [0.4, 0.5) is 5.69 Å². The van der Waals surface area contributed by atoms with Crippen molar-refractivity contribution in [2.75, 3.05) is 45.0 Å². The number of fused-ring (bicyclic) bond motifs is 4. The van der Waals surface area contributed by atoms with Crippen LogP contribution in [0.15, 0.2) is 17.1 Å². The molecule has 1 saturated heterocycles. The van der Waals surface area contributed by atoms with E-state index in [1.807, 2.05) is 6.07 Å². The molecule has 1 aromatic rings. The quantitative estimate of drug-likeness (QED) is 0.628. The number of nitrogens with one attached hydrogen (secondary N) is 1. The van der Waals surface area contributed by atoms with Gasteiger partial charge in [0.15, 0.2) is 5.50 Å². The van der Waals surface area contributed by atoms with Crippen LogP contribution in [0.2, 0.25) is 0 Å². The fraction of sp³-hybridized carbons (Fsp3) is 0.562. The van der Waals surface area contributed by atoms with Crippen LogP contribution in [0.1, 0.15) is 29.1 Å². The third kappa shape index (κ3) is 2.70. The molecule has 124 valence electrons. The summed E-state index contributed by atoms with van der Waals surface area (Å²) in [6, 6.07) is 4.43. The van der Waals surface area contributed by atoms with Gasteiger partial charge in [0.05, 0.1) is 25.4 Å². The molecule has 1 N–H and O–H groups in total. The third-order valence-corrected chi connectivity index (χ3v) is 5.06. The Kier molecular flexibility index (Phi) is 4.15. The normalized spacial score (nSPS) is 27.5. The molecule has 4 aliphatic heterocycles. The summed E-state index contributed by atoms with van der Waals surface area (Å²) in [5.41, 5.74) is 2.67. The zero-order valence-corrected chi connectivity index (χ0v) is 13.9.